The van der Waals surface area contributed by atoms with E-state index in [2.05, 4.69) is 10.3 Å². The van der Waals surface area contributed by atoms with Crippen LogP contribution in [0.25, 0.3) is 16.9 Å². The Bertz CT molecular complexity index is 1140. The first kappa shape index (κ1) is 16.8. The lowest BCUT2D eigenvalue weighted by Crippen LogP contribution is -2.14. The number of pyridine rings is 1. The number of benzene rings is 2. The quantitative estimate of drug-likeness (QED) is 0.586. The third-order valence-corrected chi connectivity index (χ3v) is 4.19. The van der Waals surface area contributed by atoms with E-state index in [0.29, 0.717) is 22.9 Å². The van der Waals surface area contributed by atoms with Crippen LogP contribution in [0.15, 0.2) is 72.9 Å². The van der Waals surface area contributed by atoms with Crippen LogP contribution in [0.1, 0.15) is 10.4 Å². The Balaban J connectivity index is 1.82. The third kappa shape index (κ3) is 3.25. The minimum atomic E-state index is -0.464. The predicted octanol–water partition coefficient (Wildman–Crippen LogP) is 4.40. The van der Waals surface area contributed by atoms with Crippen LogP contribution in [-0.2, 0) is 0 Å². The molecule has 0 aliphatic carbocycles. The number of halogens is 1. The van der Waals surface area contributed by atoms with Gasteiger partial charge in [0.15, 0.2) is 0 Å². The van der Waals surface area contributed by atoms with E-state index in [1.54, 1.807) is 17.6 Å². The SMILES string of the molecule is COc1cccc(-c2nc3ccccn3c2NC(=O)c2cccc(F)c2)c1. The van der Waals surface area contributed by atoms with E-state index in [0.717, 1.165) is 5.56 Å². The number of hydrogen-bond donors (Lipinski definition) is 1. The number of nitrogens with zero attached hydrogens (tertiary/aromatic N) is 2. The molecule has 0 fully saturated rings. The maximum Gasteiger partial charge on any atom is 0.256 e. The molecule has 134 valence electrons. The van der Waals surface area contributed by atoms with Crippen molar-refractivity contribution in [2.24, 2.45) is 0 Å². The van der Waals surface area contributed by atoms with Gasteiger partial charge in [-0.2, -0.15) is 0 Å². The highest BCUT2D eigenvalue weighted by molar-refractivity contribution is 6.05. The number of rotatable bonds is 4. The van der Waals surface area contributed by atoms with Crippen LogP contribution in [0.4, 0.5) is 10.2 Å². The molecule has 0 atom stereocenters. The number of imidazole rings is 1. The summed E-state index contributed by atoms with van der Waals surface area (Å²) >= 11 is 0. The van der Waals surface area contributed by atoms with E-state index in [1.165, 1.54) is 18.2 Å². The number of carbonyl (C=O) groups is 1. The Morgan fingerprint density at radius 2 is 1.93 bits per heavy atom. The summed E-state index contributed by atoms with van der Waals surface area (Å²) in [6, 6.07) is 18.6. The lowest BCUT2D eigenvalue weighted by atomic mass is 10.1. The molecule has 6 heteroatoms. The van der Waals surface area contributed by atoms with Gasteiger partial charge in [-0.15, -0.1) is 0 Å². The van der Waals surface area contributed by atoms with Gasteiger partial charge in [0.2, 0.25) is 0 Å². The van der Waals surface area contributed by atoms with Gasteiger partial charge >= 0.3 is 0 Å². The van der Waals surface area contributed by atoms with E-state index in [9.17, 15) is 9.18 Å². The molecule has 1 N–H and O–H groups in total. The van der Waals surface area contributed by atoms with Crippen LogP contribution in [0.5, 0.6) is 5.75 Å². The Morgan fingerprint density at radius 1 is 1.07 bits per heavy atom. The predicted molar refractivity (Wildman–Crippen MR) is 102 cm³/mol. The second kappa shape index (κ2) is 6.92. The number of nitrogens with one attached hydrogen (secondary N) is 1. The van der Waals surface area contributed by atoms with Crippen LogP contribution in [0.3, 0.4) is 0 Å². The van der Waals surface area contributed by atoms with Gasteiger partial charge in [-0.25, -0.2) is 9.37 Å². The fourth-order valence-electron chi connectivity index (χ4n) is 2.90. The molecule has 0 aliphatic heterocycles. The first-order chi connectivity index (χ1) is 13.2. The second-order valence-corrected chi connectivity index (χ2v) is 5.93. The zero-order valence-corrected chi connectivity index (χ0v) is 14.5. The molecule has 5 nitrogen and oxygen atoms in total. The van der Waals surface area contributed by atoms with Crippen molar-refractivity contribution in [2.75, 3.05) is 12.4 Å². The summed E-state index contributed by atoms with van der Waals surface area (Å²) in [5.74, 6) is 0.318. The molecule has 1 amide bonds. The number of ether oxygens (including phenoxy) is 1. The van der Waals surface area contributed by atoms with Crippen LogP contribution in [-0.4, -0.2) is 22.4 Å². The molecular weight excluding hydrogens is 345 g/mol. The van der Waals surface area contributed by atoms with E-state index >= 15 is 0 Å². The minimum Gasteiger partial charge on any atom is -0.497 e. The number of anilines is 1. The van der Waals surface area contributed by atoms with Crippen molar-refractivity contribution in [1.29, 1.82) is 0 Å². The summed E-state index contributed by atoms with van der Waals surface area (Å²) in [6.45, 7) is 0. The number of aromatic nitrogens is 2. The lowest BCUT2D eigenvalue weighted by Gasteiger charge is -2.09. The number of hydrogen-bond acceptors (Lipinski definition) is 3. The Kier molecular flexibility index (Phi) is 4.30. The molecule has 2 aromatic heterocycles. The molecule has 2 heterocycles. The number of amides is 1. The van der Waals surface area contributed by atoms with Crippen molar-refractivity contribution in [3.8, 4) is 17.0 Å². The zero-order valence-electron chi connectivity index (χ0n) is 14.5. The van der Waals surface area contributed by atoms with Crippen molar-refractivity contribution in [3.63, 3.8) is 0 Å². The van der Waals surface area contributed by atoms with Crippen molar-refractivity contribution in [3.05, 3.63) is 84.3 Å². The molecule has 27 heavy (non-hydrogen) atoms. The summed E-state index contributed by atoms with van der Waals surface area (Å²) in [7, 11) is 1.59. The molecule has 0 aliphatic rings. The fourth-order valence-corrected chi connectivity index (χ4v) is 2.90. The highest BCUT2D eigenvalue weighted by Crippen LogP contribution is 2.31. The van der Waals surface area contributed by atoms with E-state index in [1.807, 2.05) is 48.7 Å². The van der Waals surface area contributed by atoms with Gasteiger partial charge < -0.3 is 10.1 Å². The van der Waals surface area contributed by atoms with Gasteiger partial charge in [-0.05, 0) is 42.5 Å². The molecule has 4 aromatic rings. The molecular formula is C21H16FN3O2. The Morgan fingerprint density at radius 3 is 2.74 bits per heavy atom. The molecule has 0 radical (unpaired) electrons. The summed E-state index contributed by atoms with van der Waals surface area (Å²) in [6.07, 6.45) is 1.81. The average Bonchev–Trinajstić information content (AvgIpc) is 3.06. The fraction of sp³-hybridized carbons (Fsp3) is 0.0476. The molecule has 4 rings (SSSR count). The number of methoxy groups -OCH3 is 1. The lowest BCUT2D eigenvalue weighted by molar-refractivity contribution is 0.102. The van der Waals surface area contributed by atoms with Gasteiger partial charge in [0.25, 0.3) is 5.91 Å². The topological polar surface area (TPSA) is 55.6 Å². The van der Waals surface area contributed by atoms with Crippen molar-refractivity contribution in [2.45, 2.75) is 0 Å². The molecule has 2 aromatic carbocycles. The molecule has 0 bridgehead atoms. The van der Waals surface area contributed by atoms with Gasteiger partial charge in [-0.3, -0.25) is 9.20 Å². The number of carbonyl (C=O) groups excluding carboxylic acids is 1. The van der Waals surface area contributed by atoms with Gasteiger partial charge in [0.1, 0.15) is 28.7 Å². The normalized spacial score (nSPS) is 10.7. The van der Waals surface area contributed by atoms with Gasteiger partial charge in [0, 0.05) is 17.3 Å². The maximum absolute atomic E-state index is 13.5. The van der Waals surface area contributed by atoms with Crippen LogP contribution in [0.2, 0.25) is 0 Å². The van der Waals surface area contributed by atoms with Crippen LogP contribution >= 0.6 is 0 Å². The van der Waals surface area contributed by atoms with Crippen LogP contribution in [0, 0.1) is 5.82 Å². The number of fused-ring (bicyclic) bond motifs is 1. The Labute approximate surface area is 155 Å². The van der Waals surface area contributed by atoms with E-state index in [-0.39, 0.29) is 5.56 Å². The smallest absolute Gasteiger partial charge is 0.256 e. The zero-order chi connectivity index (χ0) is 18.8. The molecule has 0 saturated heterocycles. The van der Waals surface area contributed by atoms with Crippen LogP contribution < -0.4 is 10.1 Å². The van der Waals surface area contributed by atoms with Crippen molar-refractivity contribution < 1.29 is 13.9 Å². The van der Waals surface area contributed by atoms with Crippen molar-refractivity contribution in [1.82, 2.24) is 9.38 Å². The minimum absolute atomic E-state index is 0.234. The molecule has 0 spiro atoms. The van der Waals surface area contributed by atoms with E-state index < -0.39 is 11.7 Å². The summed E-state index contributed by atoms with van der Waals surface area (Å²) in [4.78, 5) is 17.3. The van der Waals surface area contributed by atoms with E-state index in [4.69, 9.17) is 4.74 Å². The standard InChI is InChI=1S/C21H16FN3O2/c1-27-17-9-5-6-14(13-17)19-20(25-11-3-2-10-18(25)23-19)24-21(26)15-7-4-8-16(22)12-15/h2-13H,1H3,(H,24,26). The first-order valence-electron chi connectivity index (χ1n) is 8.34. The largest absolute Gasteiger partial charge is 0.497 e. The monoisotopic (exact) mass is 361 g/mol. The Hall–Kier alpha value is -3.67. The van der Waals surface area contributed by atoms with Crippen molar-refractivity contribution >= 4 is 17.4 Å². The second-order valence-electron chi connectivity index (χ2n) is 5.93. The highest BCUT2D eigenvalue weighted by atomic mass is 19.1. The highest BCUT2D eigenvalue weighted by Gasteiger charge is 2.17. The maximum atomic E-state index is 13.5. The first-order valence-corrected chi connectivity index (χ1v) is 8.34. The summed E-state index contributed by atoms with van der Waals surface area (Å²) in [5.41, 5.74) is 2.32. The average molecular weight is 361 g/mol. The molecule has 0 unspecified atom stereocenters. The summed E-state index contributed by atoms with van der Waals surface area (Å²) < 4.78 is 20.5. The summed E-state index contributed by atoms with van der Waals surface area (Å²) in [5, 5.41) is 2.87. The van der Waals surface area contributed by atoms with Gasteiger partial charge in [0.05, 0.1) is 7.11 Å². The molecule has 0 saturated carbocycles. The third-order valence-electron chi connectivity index (χ3n) is 4.19. The van der Waals surface area contributed by atoms with Gasteiger partial charge in [-0.1, -0.05) is 24.3 Å².